The molecule has 3 aromatic rings. The monoisotopic (exact) mass is 352 g/mol. The molecule has 0 aliphatic carbocycles. The number of hydrogen-bond acceptors (Lipinski definition) is 5. The Bertz CT molecular complexity index is 973. The highest BCUT2D eigenvalue weighted by molar-refractivity contribution is 5.94. The van der Waals surface area contributed by atoms with Crippen molar-refractivity contribution in [3.8, 4) is 16.9 Å². The summed E-state index contributed by atoms with van der Waals surface area (Å²) in [6, 6.07) is 14.8. The molecule has 0 bridgehead atoms. The third kappa shape index (κ3) is 3.77. The van der Waals surface area contributed by atoms with Gasteiger partial charge in [-0.15, -0.1) is 0 Å². The lowest BCUT2D eigenvalue weighted by atomic mass is 9.99. The Balaban J connectivity index is 2.08. The maximum absolute atomic E-state index is 12.0. The highest BCUT2D eigenvalue weighted by Gasteiger charge is 2.14. The number of hydrogen-bond donors (Lipinski definition) is 0. The van der Waals surface area contributed by atoms with Gasteiger partial charge in [-0.25, -0.2) is 9.59 Å². The van der Waals surface area contributed by atoms with Crippen LogP contribution in [0.25, 0.3) is 22.1 Å². The molecular formula is C21H20O5. The quantitative estimate of drug-likeness (QED) is 0.496. The summed E-state index contributed by atoms with van der Waals surface area (Å²) in [5, 5.41) is 0.830. The predicted octanol–water partition coefficient (Wildman–Crippen LogP) is 3.96. The van der Waals surface area contributed by atoms with Gasteiger partial charge in [0.05, 0.1) is 6.61 Å². The number of benzene rings is 2. The highest BCUT2D eigenvalue weighted by Crippen LogP contribution is 2.32. The fraction of sp³-hybridized carbons (Fsp3) is 0.238. The Morgan fingerprint density at radius 1 is 1.08 bits per heavy atom. The molecule has 5 nitrogen and oxygen atoms in total. The van der Waals surface area contributed by atoms with E-state index in [-0.39, 0.29) is 6.61 Å². The Kier molecular flexibility index (Phi) is 5.37. The van der Waals surface area contributed by atoms with Crippen molar-refractivity contribution < 1.29 is 18.7 Å². The van der Waals surface area contributed by atoms with Crippen molar-refractivity contribution >= 4 is 16.9 Å². The van der Waals surface area contributed by atoms with Crippen LogP contribution in [-0.2, 0) is 16.0 Å². The molecule has 3 rings (SSSR count). The van der Waals surface area contributed by atoms with E-state index < -0.39 is 11.6 Å². The van der Waals surface area contributed by atoms with Gasteiger partial charge in [0, 0.05) is 17.5 Å². The van der Waals surface area contributed by atoms with Gasteiger partial charge in [-0.2, -0.15) is 0 Å². The molecule has 0 spiro atoms. The second-order valence-electron chi connectivity index (χ2n) is 5.75. The number of aryl methyl sites for hydroxylation is 1. The summed E-state index contributed by atoms with van der Waals surface area (Å²) >= 11 is 0. The molecule has 1 heterocycles. The zero-order valence-electron chi connectivity index (χ0n) is 14.8. The van der Waals surface area contributed by atoms with Crippen molar-refractivity contribution in [1.82, 2.24) is 0 Å². The molecule has 0 atom stereocenters. The van der Waals surface area contributed by atoms with Gasteiger partial charge in [0.2, 0.25) is 0 Å². The Labute approximate surface area is 151 Å². The summed E-state index contributed by atoms with van der Waals surface area (Å²) in [4.78, 5) is 23.6. The summed E-state index contributed by atoms with van der Waals surface area (Å²) in [5.41, 5.74) is 2.66. The number of esters is 1. The van der Waals surface area contributed by atoms with Crippen LogP contribution in [0.1, 0.15) is 19.4 Å². The summed E-state index contributed by atoms with van der Waals surface area (Å²) < 4.78 is 15.8. The van der Waals surface area contributed by atoms with Gasteiger partial charge < -0.3 is 13.9 Å². The average Bonchev–Trinajstić information content (AvgIpc) is 2.66. The van der Waals surface area contributed by atoms with Crippen molar-refractivity contribution in [3.63, 3.8) is 0 Å². The minimum absolute atomic E-state index is 0.186. The van der Waals surface area contributed by atoms with Crippen molar-refractivity contribution in [1.29, 1.82) is 0 Å². The van der Waals surface area contributed by atoms with E-state index >= 15 is 0 Å². The average molecular weight is 352 g/mol. The summed E-state index contributed by atoms with van der Waals surface area (Å²) in [7, 11) is 0. The first-order chi connectivity index (χ1) is 12.6. The maximum atomic E-state index is 12.0. The topological polar surface area (TPSA) is 65.7 Å². The Hall–Kier alpha value is -3.08. The first-order valence-corrected chi connectivity index (χ1v) is 8.57. The number of carbonyl (C=O) groups is 1. The number of rotatable bonds is 6. The number of carbonyl (C=O) groups excluding carboxylic acids is 1. The molecule has 0 unspecified atom stereocenters. The van der Waals surface area contributed by atoms with Crippen LogP contribution in [0.5, 0.6) is 5.75 Å². The normalized spacial score (nSPS) is 10.7. The van der Waals surface area contributed by atoms with Crippen LogP contribution in [0.15, 0.2) is 57.7 Å². The van der Waals surface area contributed by atoms with Gasteiger partial charge in [-0.3, -0.25) is 0 Å². The molecule has 0 aliphatic heterocycles. The van der Waals surface area contributed by atoms with E-state index in [9.17, 15) is 9.59 Å². The molecule has 0 fully saturated rings. The van der Waals surface area contributed by atoms with Gasteiger partial charge in [0.25, 0.3) is 0 Å². The molecule has 5 heteroatoms. The van der Waals surface area contributed by atoms with Crippen molar-refractivity contribution in [2.75, 3.05) is 13.2 Å². The highest BCUT2D eigenvalue weighted by atomic mass is 16.6. The van der Waals surface area contributed by atoms with Crippen LogP contribution >= 0.6 is 0 Å². The van der Waals surface area contributed by atoms with E-state index in [0.717, 1.165) is 22.1 Å². The molecular weight excluding hydrogens is 332 g/mol. The third-order valence-electron chi connectivity index (χ3n) is 4.04. The molecule has 2 aromatic carbocycles. The molecule has 0 saturated carbocycles. The largest absolute Gasteiger partial charge is 0.481 e. The Morgan fingerprint density at radius 2 is 1.85 bits per heavy atom. The summed E-state index contributed by atoms with van der Waals surface area (Å²) in [6.45, 7) is 3.86. The molecule has 0 radical (unpaired) electrons. The van der Waals surface area contributed by atoms with Crippen LogP contribution in [0.2, 0.25) is 0 Å². The fourth-order valence-corrected chi connectivity index (χ4v) is 2.84. The summed E-state index contributed by atoms with van der Waals surface area (Å²) in [5.74, 6) is 0.0792. The minimum Gasteiger partial charge on any atom is -0.481 e. The van der Waals surface area contributed by atoms with Crippen LogP contribution < -0.4 is 10.4 Å². The molecule has 1 aromatic heterocycles. The zero-order valence-corrected chi connectivity index (χ0v) is 14.8. The fourth-order valence-electron chi connectivity index (χ4n) is 2.84. The zero-order chi connectivity index (χ0) is 18.5. The van der Waals surface area contributed by atoms with E-state index in [1.165, 1.54) is 6.07 Å². The first kappa shape index (κ1) is 17.7. The summed E-state index contributed by atoms with van der Waals surface area (Å²) in [6.07, 6.45) is 0.710. The standard InChI is InChI=1S/C21H20O5/c1-3-14-10-17-16(15-8-6-5-7-9-15)11-20(22)26-19(17)12-18(14)25-13-21(23)24-4-2/h5-12H,3-4,13H2,1-2H3. The second kappa shape index (κ2) is 7.87. The van der Waals surface area contributed by atoms with Crippen molar-refractivity contribution in [2.24, 2.45) is 0 Å². The van der Waals surface area contributed by atoms with E-state index in [4.69, 9.17) is 13.9 Å². The van der Waals surface area contributed by atoms with E-state index in [0.29, 0.717) is 24.4 Å². The van der Waals surface area contributed by atoms with Gasteiger partial charge in [0.1, 0.15) is 11.3 Å². The predicted molar refractivity (Wildman–Crippen MR) is 99.4 cm³/mol. The molecule has 134 valence electrons. The van der Waals surface area contributed by atoms with E-state index in [1.54, 1.807) is 13.0 Å². The third-order valence-corrected chi connectivity index (χ3v) is 4.04. The molecule has 0 N–H and O–H groups in total. The molecule has 0 amide bonds. The van der Waals surface area contributed by atoms with Crippen LogP contribution in [0, 0.1) is 0 Å². The minimum atomic E-state index is -0.436. The number of fused-ring (bicyclic) bond motifs is 1. The molecule has 0 saturated heterocycles. The lowest BCUT2D eigenvalue weighted by Crippen LogP contribution is -2.15. The molecule has 0 aliphatic rings. The smallest absolute Gasteiger partial charge is 0.344 e. The van der Waals surface area contributed by atoms with Crippen LogP contribution in [0.4, 0.5) is 0 Å². The van der Waals surface area contributed by atoms with Gasteiger partial charge >= 0.3 is 11.6 Å². The number of ether oxygens (including phenoxy) is 2. The second-order valence-corrected chi connectivity index (χ2v) is 5.75. The van der Waals surface area contributed by atoms with Gasteiger partial charge in [-0.05, 0) is 36.1 Å². The Morgan fingerprint density at radius 3 is 2.54 bits per heavy atom. The van der Waals surface area contributed by atoms with Gasteiger partial charge in [-0.1, -0.05) is 37.3 Å². The van der Waals surface area contributed by atoms with Gasteiger partial charge in [0.15, 0.2) is 6.61 Å². The van der Waals surface area contributed by atoms with Crippen molar-refractivity contribution in [2.45, 2.75) is 20.3 Å². The lowest BCUT2D eigenvalue weighted by molar-refractivity contribution is -0.145. The van der Waals surface area contributed by atoms with E-state index in [1.807, 2.05) is 43.3 Å². The molecule has 26 heavy (non-hydrogen) atoms. The lowest BCUT2D eigenvalue weighted by Gasteiger charge is -2.13. The SMILES string of the molecule is CCOC(=O)COc1cc2oc(=O)cc(-c3ccccc3)c2cc1CC. The first-order valence-electron chi connectivity index (χ1n) is 8.57. The van der Waals surface area contributed by atoms with Crippen LogP contribution in [0.3, 0.4) is 0 Å². The maximum Gasteiger partial charge on any atom is 0.344 e. The van der Waals surface area contributed by atoms with Crippen LogP contribution in [-0.4, -0.2) is 19.2 Å². The van der Waals surface area contributed by atoms with Crippen molar-refractivity contribution in [3.05, 3.63) is 64.5 Å². The van der Waals surface area contributed by atoms with E-state index in [2.05, 4.69) is 0 Å².